The van der Waals surface area contributed by atoms with E-state index < -0.39 is 4.30 Å². The van der Waals surface area contributed by atoms with E-state index in [4.69, 9.17) is 34.8 Å². The smallest absolute Gasteiger partial charge is 0.180 e. The first-order valence-corrected chi connectivity index (χ1v) is 3.17. The van der Waals surface area contributed by atoms with Gasteiger partial charge in [0.25, 0.3) is 0 Å². The molecule has 0 rings (SSSR count). The molecule has 0 bridgehead atoms. The molecule has 0 radical (unpaired) electrons. The van der Waals surface area contributed by atoms with E-state index in [-0.39, 0.29) is 11.3 Å². The number of rotatable bonds is 0. The summed E-state index contributed by atoms with van der Waals surface area (Å²) in [6.45, 7) is 3.06. The van der Waals surface area contributed by atoms with Gasteiger partial charge in [-0.2, -0.15) is 0 Å². The molecule has 5 heteroatoms. The Morgan fingerprint density at radius 1 is 1.22 bits per heavy atom. The average molecular weight is 195 g/mol. The number of carbonyl (C=O) groups excluding carboxylic acids is 1. The van der Waals surface area contributed by atoms with E-state index in [9.17, 15) is 4.79 Å². The molecule has 0 saturated carbocycles. The second kappa shape index (κ2) is 11.3. The lowest BCUT2D eigenvalue weighted by molar-refractivity contribution is -0.114. The van der Waals surface area contributed by atoms with Crippen LogP contribution < -0.4 is 0 Å². The molecule has 0 fully saturated rings. The van der Waals surface area contributed by atoms with Gasteiger partial charge in [0.05, 0.1) is 0 Å². The highest BCUT2D eigenvalue weighted by Gasteiger charge is 1.78. The molecule has 0 amide bonds. The Bertz CT molecular complexity index is 58.1. The Hall–Kier alpha value is 0.500. The summed E-state index contributed by atoms with van der Waals surface area (Å²) < 4.78 is -0.750. The summed E-state index contributed by atoms with van der Waals surface area (Å²) in [6, 6.07) is 0. The van der Waals surface area contributed by atoms with Crippen LogP contribution >= 0.6 is 34.8 Å². The van der Waals surface area contributed by atoms with Crippen LogP contribution in [-0.2, 0) is 4.79 Å². The summed E-state index contributed by atoms with van der Waals surface area (Å²) >= 11 is 14.4. The number of carbonyl (C=O) groups is 1. The maximum absolute atomic E-state index is 9.44. The van der Waals surface area contributed by atoms with Crippen molar-refractivity contribution in [2.75, 3.05) is 0 Å². The first-order chi connectivity index (χ1) is 3.46. The second-order valence-electron chi connectivity index (χ2n) is 1.16. The lowest BCUT2D eigenvalue weighted by atomic mass is 10.6. The SMILES string of the molecule is CC(C)=O.ClC(Cl)Cl.O. The minimum Gasteiger partial charge on any atom is -0.412 e. The Morgan fingerprint density at radius 2 is 1.22 bits per heavy atom. The zero-order chi connectivity index (χ0) is 7.15. The Labute approximate surface area is 69.4 Å². The van der Waals surface area contributed by atoms with Gasteiger partial charge in [0, 0.05) is 0 Å². The maximum Gasteiger partial charge on any atom is 0.180 e. The molecule has 0 aromatic rings. The van der Waals surface area contributed by atoms with Crippen LogP contribution in [0.3, 0.4) is 0 Å². The number of Topliss-reactive ketones (excluding diaryl/α,β-unsaturated/α-hetero) is 1. The molecule has 0 aliphatic heterocycles. The van der Waals surface area contributed by atoms with Crippen molar-refractivity contribution in [3.05, 3.63) is 0 Å². The van der Waals surface area contributed by atoms with Crippen molar-refractivity contribution < 1.29 is 10.3 Å². The molecule has 0 heterocycles. The summed E-state index contributed by atoms with van der Waals surface area (Å²) in [5.41, 5.74) is 0. The highest BCUT2D eigenvalue weighted by molar-refractivity contribution is 6.63. The predicted molar refractivity (Wildman–Crippen MR) is 41.3 cm³/mol. The molecule has 0 saturated heterocycles. The Morgan fingerprint density at radius 3 is 1.22 bits per heavy atom. The van der Waals surface area contributed by atoms with E-state index >= 15 is 0 Å². The number of hydrogen-bond donors (Lipinski definition) is 0. The summed E-state index contributed by atoms with van der Waals surface area (Å²) in [4.78, 5) is 9.44. The zero-order valence-corrected chi connectivity index (χ0v) is 7.39. The van der Waals surface area contributed by atoms with Crippen LogP contribution in [0.5, 0.6) is 0 Å². The van der Waals surface area contributed by atoms with Crippen molar-refractivity contribution in [2.24, 2.45) is 0 Å². The van der Waals surface area contributed by atoms with Crippen LogP contribution in [-0.4, -0.2) is 15.6 Å². The first kappa shape index (κ1) is 16.2. The molecule has 0 unspecified atom stereocenters. The molecule has 58 valence electrons. The van der Waals surface area contributed by atoms with Crippen LogP contribution in [0.4, 0.5) is 0 Å². The minimum absolute atomic E-state index is 0. The van der Waals surface area contributed by atoms with E-state index in [1.165, 1.54) is 13.8 Å². The summed E-state index contributed by atoms with van der Waals surface area (Å²) in [7, 11) is 0. The van der Waals surface area contributed by atoms with Crippen molar-refractivity contribution in [1.82, 2.24) is 0 Å². The second-order valence-corrected chi connectivity index (χ2v) is 3.14. The van der Waals surface area contributed by atoms with Gasteiger partial charge in [-0.1, -0.05) is 34.8 Å². The fraction of sp³-hybridized carbons (Fsp3) is 0.750. The molecule has 0 aliphatic carbocycles. The van der Waals surface area contributed by atoms with Crippen LogP contribution in [0.1, 0.15) is 13.8 Å². The maximum atomic E-state index is 9.44. The molecule has 0 spiro atoms. The van der Waals surface area contributed by atoms with E-state index in [2.05, 4.69) is 0 Å². The highest BCUT2D eigenvalue weighted by Crippen LogP contribution is 2.03. The normalized spacial score (nSPS) is 6.89. The third kappa shape index (κ3) is 1440. The molecule has 0 aliphatic rings. The van der Waals surface area contributed by atoms with E-state index in [1.54, 1.807) is 0 Å². The molecular weight excluding hydrogens is 186 g/mol. The van der Waals surface area contributed by atoms with E-state index in [0.29, 0.717) is 0 Å². The number of halogens is 3. The Balaban J connectivity index is -0.0000000720. The van der Waals surface area contributed by atoms with Gasteiger partial charge in [-0.15, -0.1) is 0 Å². The van der Waals surface area contributed by atoms with Crippen molar-refractivity contribution in [2.45, 2.75) is 18.1 Å². The minimum atomic E-state index is -0.750. The number of hydrogen-bond acceptors (Lipinski definition) is 1. The number of ketones is 1. The van der Waals surface area contributed by atoms with Crippen LogP contribution in [0.2, 0.25) is 0 Å². The molecule has 2 N–H and O–H groups in total. The van der Waals surface area contributed by atoms with Crippen molar-refractivity contribution >= 4 is 40.6 Å². The summed E-state index contributed by atoms with van der Waals surface area (Å²) in [6.07, 6.45) is 0. The van der Waals surface area contributed by atoms with Gasteiger partial charge in [-0.3, -0.25) is 0 Å². The number of alkyl halides is 3. The summed E-state index contributed by atoms with van der Waals surface area (Å²) in [5, 5.41) is 0. The largest absolute Gasteiger partial charge is 0.412 e. The van der Waals surface area contributed by atoms with Gasteiger partial charge in [0.1, 0.15) is 5.78 Å². The van der Waals surface area contributed by atoms with Gasteiger partial charge < -0.3 is 10.3 Å². The van der Waals surface area contributed by atoms with E-state index in [1.807, 2.05) is 0 Å². The standard InChI is InChI=1S/C3H6O.CHCl3.H2O/c1-3(2)4;2-1(3)4;/h1-2H3;1H;1H2. The predicted octanol–water partition coefficient (Wildman–Crippen LogP) is 1.76. The Kier molecular flexibility index (Phi) is 20.4. The molecule has 0 aromatic heterocycles. The van der Waals surface area contributed by atoms with Crippen LogP contribution in [0.15, 0.2) is 0 Å². The molecule has 0 atom stereocenters. The zero-order valence-electron chi connectivity index (χ0n) is 5.12. The van der Waals surface area contributed by atoms with Crippen molar-refractivity contribution in [3.8, 4) is 0 Å². The highest BCUT2D eigenvalue weighted by atomic mass is 35.6. The lowest BCUT2D eigenvalue weighted by Gasteiger charge is -1.69. The molecule has 2 nitrogen and oxygen atoms in total. The van der Waals surface area contributed by atoms with Gasteiger partial charge >= 0.3 is 0 Å². The third-order valence-electron chi connectivity index (χ3n) is 0. The molecule has 9 heavy (non-hydrogen) atoms. The lowest BCUT2D eigenvalue weighted by Crippen LogP contribution is -1.69. The van der Waals surface area contributed by atoms with Crippen LogP contribution in [0.25, 0.3) is 0 Å². The fourth-order valence-electron chi connectivity index (χ4n) is 0. The first-order valence-electron chi connectivity index (χ1n) is 1.86. The molecule has 0 aromatic carbocycles. The van der Waals surface area contributed by atoms with Gasteiger partial charge in [-0.05, 0) is 13.8 Å². The van der Waals surface area contributed by atoms with Gasteiger partial charge in [-0.25, -0.2) is 0 Å². The summed E-state index contributed by atoms with van der Waals surface area (Å²) in [5.74, 6) is 0.167. The third-order valence-corrected chi connectivity index (χ3v) is 0. The van der Waals surface area contributed by atoms with Gasteiger partial charge in [0.2, 0.25) is 0 Å². The van der Waals surface area contributed by atoms with Crippen molar-refractivity contribution in [3.63, 3.8) is 0 Å². The average Bonchev–Trinajstić information content (AvgIpc) is 1.25. The van der Waals surface area contributed by atoms with Gasteiger partial charge in [0.15, 0.2) is 4.30 Å². The topological polar surface area (TPSA) is 48.6 Å². The monoisotopic (exact) mass is 194 g/mol. The fourth-order valence-corrected chi connectivity index (χ4v) is 0. The van der Waals surface area contributed by atoms with E-state index in [0.717, 1.165) is 0 Å². The quantitative estimate of drug-likeness (QED) is 0.543. The van der Waals surface area contributed by atoms with Crippen LogP contribution in [0, 0.1) is 0 Å². The van der Waals surface area contributed by atoms with Crippen molar-refractivity contribution in [1.29, 1.82) is 0 Å². The molecular formula is C4H9Cl3O2.